The van der Waals surface area contributed by atoms with Crippen LogP contribution in [0, 0.1) is 0 Å². The van der Waals surface area contributed by atoms with E-state index in [4.69, 9.17) is 17.3 Å². The molecule has 5 nitrogen and oxygen atoms in total. The average molecular weight is 280 g/mol. The summed E-state index contributed by atoms with van der Waals surface area (Å²) in [6.45, 7) is 0. The minimum absolute atomic E-state index is 0.000664. The van der Waals surface area contributed by atoms with E-state index >= 15 is 0 Å². The summed E-state index contributed by atoms with van der Waals surface area (Å²) in [5.41, 5.74) is 5.56. The van der Waals surface area contributed by atoms with Gasteiger partial charge in [-0.1, -0.05) is 11.6 Å². The number of aliphatic imine (C=N–C) groups is 1. The molecule has 0 saturated heterocycles. The fourth-order valence-electron chi connectivity index (χ4n) is 1.41. The highest BCUT2D eigenvalue weighted by atomic mass is 35.5. The Hall–Kier alpha value is -0.790. The van der Waals surface area contributed by atoms with Crippen molar-refractivity contribution in [2.45, 2.75) is 6.04 Å². The van der Waals surface area contributed by atoms with Crippen molar-refractivity contribution < 1.29 is 8.42 Å². The third kappa shape index (κ3) is 1.90. The van der Waals surface area contributed by atoms with Crippen molar-refractivity contribution in [1.82, 2.24) is 4.31 Å². The Balaban J connectivity index is 2.44. The van der Waals surface area contributed by atoms with Gasteiger partial charge in [0, 0.05) is 11.9 Å². The lowest BCUT2D eigenvalue weighted by molar-refractivity contribution is 0.533. The van der Waals surface area contributed by atoms with E-state index in [0.717, 1.165) is 9.18 Å². The van der Waals surface area contributed by atoms with Gasteiger partial charge in [-0.15, -0.1) is 11.3 Å². The highest BCUT2D eigenvalue weighted by Gasteiger charge is 2.32. The normalized spacial score (nSPS) is 24.2. The van der Waals surface area contributed by atoms with Gasteiger partial charge < -0.3 is 5.73 Å². The zero-order valence-electron chi connectivity index (χ0n) is 8.42. The molecule has 1 aliphatic heterocycles. The Morgan fingerprint density at radius 2 is 2.38 bits per heavy atom. The van der Waals surface area contributed by atoms with Crippen LogP contribution in [-0.4, -0.2) is 31.5 Å². The van der Waals surface area contributed by atoms with Gasteiger partial charge in [-0.05, 0) is 11.4 Å². The van der Waals surface area contributed by atoms with E-state index in [2.05, 4.69) is 4.99 Å². The maximum atomic E-state index is 11.7. The second-order valence-corrected chi connectivity index (χ2v) is 6.78. The molecule has 16 heavy (non-hydrogen) atoms. The summed E-state index contributed by atoms with van der Waals surface area (Å²) in [5.74, 6) is -0.0922. The number of hydrogen-bond acceptors (Lipinski definition) is 5. The molecule has 0 radical (unpaired) electrons. The summed E-state index contributed by atoms with van der Waals surface area (Å²) in [6, 6.07) is 1.23. The third-order valence-electron chi connectivity index (χ3n) is 2.34. The van der Waals surface area contributed by atoms with Crippen LogP contribution in [0.2, 0.25) is 5.02 Å². The summed E-state index contributed by atoms with van der Waals surface area (Å²) in [7, 11) is -1.99. The molecule has 0 spiro atoms. The molecule has 2 N–H and O–H groups in total. The van der Waals surface area contributed by atoms with Crippen molar-refractivity contribution >= 4 is 38.9 Å². The van der Waals surface area contributed by atoms with Gasteiger partial charge >= 0.3 is 0 Å². The van der Waals surface area contributed by atoms with E-state index in [1.807, 2.05) is 0 Å². The Labute approximate surface area is 103 Å². The van der Waals surface area contributed by atoms with Gasteiger partial charge in [0.25, 0.3) is 0 Å². The molecule has 0 aliphatic carbocycles. The van der Waals surface area contributed by atoms with E-state index in [0.29, 0.717) is 5.02 Å². The van der Waals surface area contributed by atoms with Crippen molar-refractivity contribution in [3.8, 4) is 0 Å². The molecule has 0 unspecified atom stereocenters. The van der Waals surface area contributed by atoms with Crippen molar-refractivity contribution in [2.75, 3.05) is 12.8 Å². The quantitative estimate of drug-likeness (QED) is 0.834. The molecular weight excluding hydrogens is 270 g/mol. The van der Waals surface area contributed by atoms with Crippen LogP contribution in [0.5, 0.6) is 0 Å². The zero-order valence-corrected chi connectivity index (χ0v) is 10.8. The first-order chi connectivity index (χ1) is 7.42. The van der Waals surface area contributed by atoms with Crippen LogP contribution in [-0.2, 0) is 10.0 Å². The number of halogens is 1. The summed E-state index contributed by atoms with van der Waals surface area (Å²) < 4.78 is 24.5. The standard InChI is InChI=1S/C8H10ClN3O2S2/c1-12-8(10)11-6(4-16(12,13)14)7-5(9)2-3-15-7/h2-3,6H,4H2,1H3,(H2,10,11)/t6-/m0/s1. The van der Waals surface area contributed by atoms with Crippen molar-refractivity contribution in [1.29, 1.82) is 0 Å². The molecular formula is C8H10ClN3O2S2. The summed E-state index contributed by atoms with van der Waals surface area (Å²) in [6.07, 6.45) is 0. The number of nitrogens with zero attached hydrogens (tertiary/aromatic N) is 2. The largest absolute Gasteiger partial charge is 0.369 e. The third-order valence-corrected chi connectivity index (χ3v) is 5.56. The Kier molecular flexibility index (Phi) is 2.85. The van der Waals surface area contributed by atoms with Gasteiger partial charge in [0.15, 0.2) is 0 Å². The van der Waals surface area contributed by atoms with E-state index in [9.17, 15) is 8.42 Å². The van der Waals surface area contributed by atoms with Gasteiger partial charge in [-0.3, -0.25) is 0 Å². The molecule has 0 saturated carbocycles. The Morgan fingerprint density at radius 1 is 1.69 bits per heavy atom. The minimum atomic E-state index is -3.38. The molecule has 2 heterocycles. The van der Waals surface area contributed by atoms with Gasteiger partial charge in [-0.2, -0.15) is 0 Å². The molecule has 8 heteroatoms. The van der Waals surface area contributed by atoms with Crippen LogP contribution in [0.1, 0.15) is 10.9 Å². The number of hydrogen-bond donors (Lipinski definition) is 1. The SMILES string of the molecule is CN1C(N)=N[C@H](c2sccc2Cl)CS1(=O)=O. The molecule has 88 valence electrons. The number of sulfonamides is 1. The Bertz CT molecular complexity index is 537. The monoisotopic (exact) mass is 279 g/mol. The lowest BCUT2D eigenvalue weighted by Gasteiger charge is -2.26. The lowest BCUT2D eigenvalue weighted by atomic mass is 10.3. The maximum Gasteiger partial charge on any atom is 0.239 e. The number of thiophene rings is 1. The van der Waals surface area contributed by atoms with Gasteiger partial charge in [-0.25, -0.2) is 17.7 Å². The van der Waals surface area contributed by atoms with Gasteiger partial charge in [0.2, 0.25) is 16.0 Å². The minimum Gasteiger partial charge on any atom is -0.369 e. The van der Waals surface area contributed by atoms with E-state index in [1.165, 1.54) is 18.4 Å². The maximum absolute atomic E-state index is 11.7. The van der Waals surface area contributed by atoms with Gasteiger partial charge in [0.1, 0.15) is 6.04 Å². The van der Waals surface area contributed by atoms with E-state index in [1.54, 1.807) is 11.4 Å². The predicted octanol–water partition coefficient (Wildman–Crippen LogP) is 1.03. The van der Waals surface area contributed by atoms with E-state index in [-0.39, 0.29) is 11.7 Å². The molecule has 1 aromatic heterocycles. The van der Waals surface area contributed by atoms with Crippen LogP contribution >= 0.6 is 22.9 Å². The fourth-order valence-corrected chi connectivity index (χ4v) is 3.93. The highest BCUT2D eigenvalue weighted by molar-refractivity contribution is 7.89. The lowest BCUT2D eigenvalue weighted by Crippen LogP contribution is -2.44. The second-order valence-electron chi connectivity index (χ2n) is 3.38. The molecule has 1 atom stereocenters. The van der Waals surface area contributed by atoms with Crippen LogP contribution in [0.15, 0.2) is 16.4 Å². The predicted molar refractivity (Wildman–Crippen MR) is 65.2 cm³/mol. The molecule has 1 aromatic rings. The molecule has 0 amide bonds. The Morgan fingerprint density at radius 3 is 2.88 bits per heavy atom. The first-order valence-electron chi connectivity index (χ1n) is 4.44. The van der Waals surface area contributed by atoms with Crippen molar-refractivity contribution in [3.63, 3.8) is 0 Å². The first kappa shape index (κ1) is 11.7. The van der Waals surface area contributed by atoms with Crippen LogP contribution < -0.4 is 5.73 Å². The molecule has 0 aromatic carbocycles. The molecule has 0 fully saturated rings. The number of nitrogens with two attached hydrogens (primary N) is 1. The second kappa shape index (κ2) is 3.90. The molecule has 2 rings (SSSR count). The van der Waals surface area contributed by atoms with E-state index < -0.39 is 16.1 Å². The number of rotatable bonds is 1. The average Bonchev–Trinajstić information content (AvgIpc) is 2.60. The summed E-state index contributed by atoms with van der Waals surface area (Å²) >= 11 is 7.32. The summed E-state index contributed by atoms with van der Waals surface area (Å²) in [4.78, 5) is 4.87. The topological polar surface area (TPSA) is 75.8 Å². The highest BCUT2D eigenvalue weighted by Crippen LogP contribution is 2.34. The fraction of sp³-hybridized carbons (Fsp3) is 0.375. The first-order valence-corrected chi connectivity index (χ1v) is 7.31. The van der Waals surface area contributed by atoms with Crippen molar-refractivity contribution in [3.05, 3.63) is 21.3 Å². The zero-order chi connectivity index (χ0) is 11.9. The molecule has 1 aliphatic rings. The number of guanidine groups is 1. The van der Waals surface area contributed by atoms with Gasteiger partial charge in [0.05, 0.1) is 10.8 Å². The molecule has 0 bridgehead atoms. The van der Waals surface area contributed by atoms with Crippen LogP contribution in [0.3, 0.4) is 0 Å². The van der Waals surface area contributed by atoms with Crippen LogP contribution in [0.25, 0.3) is 0 Å². The van der Waals surface area contributed by atoms with Crippen molar-refractivity contribution in [2.24, 2.45) is 10.7 Å². The van der Waals surface area contributed by atoms with Crippen LogP contribution in [0.4, 0.5) is 0 Å². The smallest absolute Gasteiger partial charge is 0.239 e. The summed E-state index contributed by atoms with van der Waals surface area (Å²) in [5, 5.41) is 2.33.